The van der Waals surface area contributed by atoms with Gasteiger partial charge in [0.15, 0.2) is 17.5 Å². The molecule has 0 spiro atoms. The summed E-state index contributed by atoms with van der Waals surface area (Å²) in [5.41, 5.74) is 3.42. The number of amides is 1. The Bertz CT molecular complexity index is 902. The van der Waals surface area contributed by atoms with Gasteiger partial charge in [0.1, 0.15) is 0 Å². The van der Waals surface area contributed by atoms with Crippen LogP contribution in [0.15, 0.2) is 47.5 Å². The van der Waals surface area contributed by atoms with Crippen molar-refractivity contribution in [2.24, 2.45) is 4.99 Å². The molecule has 4 rings (SSSR count). The highest BCUT2D eigenvalue weighted by atomic mass is 127. The molecule has 2 N–H and O–H groups in total. The largest absolute Gasteiger partial charge is 0.454 e. The van der Waals surface area contributed by atoms with Crippen LogP contribution in [0.1, 0.15) is 29.5 Å². The van der Waals surface area contributed by atoms with Crippen molar-refractivity contribution in [3.63, 3.8) is 0 Å². The maximum atomic E-state index is 11.8. The molecule has 2 aromatic rings. The number of halogens is 1. The fourth-order valence-corrected chi connectivity index (χ4v) is 3.50. The minimum Gasteiger partial charge on any atom is -0.454 e. The van der Waals surface area contributed by atoms with Gasteiger partial charge in [-0.3, -0.25) is 9.79 Å². The lowest BCUT2D eigenvalue weighted by Crippen LogP contribution is -2.36. The first-order valence-electron chi connectivity index (χ1n) is 9.90. The van der Waals surface area contributed by atoms with E-state index in [2.05, 4.69) is 39.9 Å². The van der Waals surface area contributed by atoms with Crippen LogP contribution in [0.2, 0.25) is 0 Å². The van der Waals surface area contributed by atoms with E-state index in [-0.39, 0.29) is 36.7 Å². The minimum atomic E-state index is 0. The number of ether oxygens (including phenoxy) is 2. The Kier molecular flexibility index (Phi) is 7.78. The Morgan fingerprint density at radius 1 is 1.00 bits per heavy atom. The monoisotopic (exact) mass is 522 g/mol. The van der Waals surface area contributed by atoms with Gasteiger partial charge in [0.2, 0.25) is 12.7 Å². The SMILES string of the molecule is CN=C(NCc1ccc(CN2CCCC2=O)cc1)NCc1ccc2c(c1)OCO2.I. The van der Waals surface area contributed by atoms with Crippen LogP contribution < -0.4 is 20.1 Å². The van der Waals surface area contributed by atoms with E-state index in [4.69, 9.17) is 9.47 Å². The molecule has 0 aromatic heterocycles. The molecule has 2 heterocycles. The van der Waals surface area contributed by atoms with Crippen molar-refractivity contribution in [1.82, 2.24) is 15.5 Å². The summed E-state index contributed by atoms with van der Waals surface area (Å²) in [6.07, 6.45) is 1.65. The first-order chi connectivity index (χ1) is 14.2. The summed E-state index contributed by atoms with van der Waals surface area (Å²) in [5.74, 6) is 2.55. The van der Waals surface area contributed by atoms with Crippen LogP contribution in [-0.2, 0) is 24.4 Å². The minimum absolute atomic E-state index is 0. The summed E-state index contributed by atoms with van der Waals surface area (Å²) in [6, 6.07) is 14.3. The normalized spacial score (nSPS) is 15.2. The van der Waals surface area contributed by atoms with Crippen molar-refractivity contribution in [2.45, 2.75) is 32.5 Å². The molecule has 1 fully saturated rings. The van der Waals surface area contributed by atoms with Crippen LogP contribution in [0.25, 0.3) is 0 Å². The van der Waals surface area contributed by atoms with E-state index >= 15 is 0 Å². The van der Waals surface area contributed by atoms with Crippen molar-refractivity contribution in [2.75, 3.05) is 20.4 Å². The Morgan fingerprint density at radius 3 is 2.37 bits per heavy atom. The summed E-state index contributed by atoms with van der Waals surface area (Å²) in [7, 11) is 1.76. The highest BCUT2D eigenvalue weighted by Gasteiger charge is 2.19. The van der Waals surface area contributed by atoms with E-state index in [0.29, 0.717) is 26.1 Å². The number of rotatable bonds is 6. The fourth-order valence-electron chi connectivity index (χ4n) is 3.50. The molecule has 0 saturated carbocycles. The smallest absolute Gasteiger partial charge is 0.231 e. The number of nitrogens with zero attached hydrogens (tertiary/aromatic N) is 2. The molecule has 7 nitrogen and oxygen atoms in total. The van der Waals surface area contributed by atoms with E-state index in [0.717, 1.165) is 47.1 Å². The van der Waals surface area contributed by atoms with Crippen LogP contribution in [0.4, 0.5) is 0 Å². The predicted octanol–water partition coefficient (Wildman–Crippen LogP) is 3.02. The molecular weight excluding hydrogens is 495 g/mol. The van der Waals surface area contributed by atoms with E-state index in [1.165, 1.54) is 0 Å². The lowest BCUT2D eigenvalue weighted by molar-refractivity contribution is -0.128. The van der Waals surface area contributed by atoms with Gasteiger partial charge in [-0.25, -0.2) is 0 Å². The van der Waals surface area contributed by atoms with Gasteiger partial charge >= 0.3 is 0 Å². The second-order valence-electron chi connectivity index (χ2n) is 7.20. The molecule has 0 unspecified atom stereocenters. The van der Waals surface area contributed by atoms with E-state index in [1.807, 2.05) is 23.1 Å². The molecule has 2 aromatic carbocycles. The number of carbonyl (C=O) groups is 1. The first-order valence-corrected chi connectivity index (χ1v) is 9.90. The number of fused-ring (bicyclic) bond motifs is 1. The van der Waals surface area contributed by atoms with Crippen LogP contribution in [0.5, 0.6) is 11.5 Å². The topological polar surface area (TPSA) is 75.2 Å². The Hall–Kier alpha value is -2.49. The summed E-state index contributed by atoms with van der Waals surface area (Å²) in [5, 5.41) is 6.64. The lowest BCUT2D eigenvalue weighted by atomic mass is 10.1. The maximum Gasteiger partial charge on any atom is 0.231 e. The van der Waals surface area contributed by atoms with Gasteiger partial charge < -0.3 is 25.0 Å². The lowest BCUT2D eigenvalue weighted by Gasteiger charge is -2.16. The molecule has 1 saturated heterocycles. The molecule has 2 aliphatic heterocycles. The zero-order chi connectivity index (χ0) is 20.1. The van der Waals surface area contributed by atoms with E-state index in [9.17, 15) is 4.79 Å². The van der Waals surface area contributed by atoms with Gasteiger partial charge in [0, 0.05) is 39.6 Å². The van der Waals surface area contributed by atoms with Gasteiger partial charge in [-0.2, -0.15) is 0 Å². The maximum absolute atomic E-state index is 11.8. The number of guanidine groups is 1. The average molecular weight is 522 g/mol. The predicted molar refractivity (Wildman–Crippen MR) is 126 cm³/mol. The number of hydrogen-bond donors (Lipinski definition) is 2. The Balaban J connectivity index is 0.00000256. The molecule has 8 heteroatoms. The molecule has 160 valence electrons. The summed E-state index contributed by atoms with van der Waals surface area (Å²) in [6.45, 7) is 3.16. The second-order valence-corrected chi connectivity index (χ2v) is 7.20. The molecular formula is C22H27IN4O3. The van der Waals surface area contributed by atoms with Crippen LogP contribution in [-0.4, -0.2) is 37.2 Å². The van der Waals surface area contributed by atoms with Gasteiger partial charge in [0.25, 0.3) is 0 Å². The van der Waals surface area contributed by atoms with Crippen molar-refractivity contribution >= 4 is 35.8 Å². The molecule has 1 amide bonds. The van der Waals surface area contributed by atoms with Crippen molar-refractivity contribution < 1.29 is 14.3 Å². The third-order valence-corrected chi connectivity index (χ3v) is 5.15. The zero-order valence-corrected chi connectivity index (χ0v) is 19.3. The van der Waals surface area contributed by atoms with Gasteiger partial charge in [-0.15, -0.1) is 24.0 Å². The second kappa shape index (κ2) is 10.5. The fraction of sp³-hybridized carbons (Fsp3) is 0.364. The number of nitrogens with one attached hydrogen (secondary N) is 2. The van der Waals surface area contributed by atoms with Gasteiger partial charge in [-0.1, -0.05) is 30.3 Å². The number of carbonyl (C=O) groups excluding carboxylic acids is 1. The molecule has 0 atom stereocenters. The average Bonchev–Trinajstić information content (AvgIpc) is 3.38. The van der Waals surface area contributed by atoms with E-state index in [1.54, 1.807) is 7.05 Å². The molecule has 0 bridgehead atoms. The van der Waals surface area contributed by atoms with Crippen molar-refractivity contribution in [3.05, 3.63) is 59.2 Å². The Morgan fingerprint density at radius 2 is 1.67 bits per heavy atom. The number of hydrogen-bond acceptors (Lipinski definition) is 4. The summed E-state index contributed by atoms with van der Waals surface area (Å²) >= 11 is 0. The number of benzene rings is 2. The third kappa shape index (κ3) is 5.56. The first kappa shape index (κ1) is 22.2. The van der Waals surface area contributed by atoms with Gasteiger partial charge in [-0.05, 0) is 35.2 Å². The third-order valence-electron chi connectivity index (χ3n) is 5.15. The molecule has 0 radical (unpaired) electrons. The zero-order valence-electron chi connectivity index (χ0n) is 17.0. The van der Waals surface area contributed by atoms with Crippen molar-refractivity contribution in [3.8, 4) is 11.5 Å². The summed E-state index contributed by atoms with van der Waals surface area (Å²) < 4.78 is 10.8. The van der Waals surface area contributed by atoms with E-state index < -0.39 is 0 Å². The highest BCUT2D eigenvalue weighted by molar-refractivity contribution is 14.0. The van der Waals surface area contributed by atoms with Crippen LogP contribution >= 0.6 is 24.0 Å². The number of likely N-dealkylation sites (tertiary alicyclic amines) is 1. The standard InChI is InChI=1S/C22H26N4O3.HI/c1-23-22(25-13-18-8-9-19-20(11-18)29-15-28-19)24-12-16-4-6-17(7-5-16)14-26-10-2-3-21(26)27;/h4-9,11H,2-3,10,12-15H2,1H3,(H2,23,24,25);1H. The quantitative estimate of drug-likeness (QED) is 0.347. The van der Waals surface area contributed by atoms with Crippen LogP contribution in [0.3, 0.4) is 0 Å². The molecule has 0 aliphatic carbocycles. The summed E-state index contributed by atoms with van der Waals surface area (Å²) in [4.78, 5) is 18.0. The van der Waals surface area contributed by atoms with Crippen LogP contribution in [0, 0.1) is 0 Å². The number of aliphatic imine (C=N–C) groups is 1. The molecule has 30 heavy (non-hydrogen) atoms. The highest BCUT2D eigenvalue weighted by Crippen LogP contribution is 2.32. The van der Waals surface area contributed by atoms with Gasteiger partial charge in [0.05, 0.1) is 0 Å². The van der Waals surface area contributed by atoms with Crippen molar-refractivity contribution in [1.29, 1.82) is 0 Å². The Labute approximate surface area is 193 Å². The molecule has 2 aliphatic rings.